The van der Waals surface area contributed by atoms with E-state index >= 15 is 0 Å². The van der Waals surface area contributed by atoms with Crippen LogP contribution in [0.2, 0.25) is 0 Å². The summed E-state index contributed by atoms with van der Waals surface area (Å²) < 4.78 is 5.16. The summed E-state index contributed by atoms with van der Waals surface area (Å²) in [5, 5.41) is 0. The minimum atomic E-state index is 0.690. The fourth-order valence-electron chi connectivity index (χ4n) is 2.27. The maximum absolute atomic E-state index is 5.16. The van der Waals surface area contributed by atoms with Crippen LogP contribution < -0.4 is 0 Å². The summed E-state index contributed by atoms with van der Waals surface area (Å²) in [6.07, 6.45) is 9.28. The second kappa shape index (κ2) is 5.90. The molecule has 80 valence electrons. The van der Waals surface area contributed by atoms with Crippen LogP contribution in [0.1, 0.15) is 45.4 Å². The van der Waals surface area contributed by atoms with E-state index in [-0.39, 0.29) is 0 Å². The van der Waals surface area contributed by atoms with Gasteiger partial charge >= 0.3 is 0 Å². The third-order valence-electron chi connectivity index (χ3n) is 2.96. The van der Waals surface area contributed by atoms with Crippen molar-refractivity contribution in [3.8, 4) is 0 Å². The molecule has 0 N–H and O–H groups in total. The van der Waals surface area contributed by atoms with Gasteiger partial charge in [0, 0.05) is 0 Å². The largest absolute Gasteiger partial charge is 0.504 e. The van der Waals surface area contributed by atoms with Crippen LogP contribution in [0.5, 0.6) is 0 Å². The molecule has 0 aromatic rings. The van der Waals surface area contributed by atoms with Gasteiger partial charge in [-0.2, -0.15) is 0 Å². The first-order valence-electron chi connectivity index (χ1n) is 5.66. The van der Waals surface area contributed by atoms with E-state index in [4.69, 9.17) is 4.74 Å². The van der Waals surface area contributed by atoms with E-state index in [1.165, 1.54) is 49.7 Å². The zero-order valence-corrected chi connectivity index (χ0v) is 9.51. The molecule has 0 spiro atoms. The maximum atomic E-state index is 5.16. The Kier molecular flexibility index (Phi) is 4.78. The van der Waals surface area contributed by atoms with Crippen molar-refractivity contribution in [2.75, 3.05) is 7.11 Å². The van der Waals surface area contributed by atoms with Crippen molar-refractivity contribution in [3.63, 3.8) is 0 Å². The third kappa shape index (κ3) is 3.21. The Morgan fingerprint density at radius 3 is 2.93 bits per heavy atom. The first-order valence-corrected chi connectivity index (χ1v) is 5.66. The predicted octanol–water partition coefficient (Wildman–Crippen LogP) is 4.06. The van der Waals surface area contributed by atoms with E-state index in [0.717, 1.165) is 0 Å². The summed E-state index contributed by atoms with van der Waals surface area (Å²) >= 11 is 0. The zero-order chi connectivity index (χ0) is 10.4. The van der Waals surface area contributed by atoms with Crippen LogP contribution in [-0.4, -0.2) is 7.11 Å². The molecule has 0 aliphatic heterocycles. The molecule has 1 unspecified atom stereocenters. The van der Waals surface area contributed by atoms with Crippen molar-refractivity contribution < 1.29 is 4.74 Å². The highest BCUT2D eigenvalue weighted by atomic mass is 16.5. The molecule has 1 rings (SSSR count). The average Bonchev–Trinajstić information content (AvgIpc) is 2.31. The molecule has 1 aliphatic rings. The highest BCUT2D eigenvalue weighted by molar-refractivity contribution is 5.12. The fraction of sp³-hybridized carbons (Fsp3) is 0.692. The summed E-state index contributed by atoms with van der Waals surface area (Å²) in [5.74, 6) is 0.690. The molecule has 0 bridgehead atoms. The van der Waals surface area contributed by atoms with Crippen molar-refractivity contribution in [1.82, 2.24) is 0 Å². The van der Waals surface area contributed by atoms with Crippen LogP contribution in [-0.2, 0) is 4.74 Å². The fourth-order valence-corrected chi connectivity index (χ4v) is 2.27. The van der Waals surface area contributed by atoms with Gasteiger partial charge in [0.25, 0.3) is 0 Å². The number of hydrogen-bond donors (Lipinski definition) is 0. The summed E-state index contributed by atoms with van der Waals surface area (Å²) in [7, 11) is 1.75. The van der Waals surface area contributed by atoms with Gasteiger partial charge in [0.1, 0.15) is 0 Å². The normalized spacial score (nSPS) is 26.3. The molecule has 0 amide bonds. The van der Waals surface area contributed by atoms with Crippen LogP contribution in [0.25, 0.3) is 0 Å². The van der Waals surface area contributed by atoms with Crippen molar-refractivity contribution in [1.29, 1.82) is 0 Å². The molecule has 1 fully saturated rings. The molecule has 0 heterocycles. The average molecular weight is 194 g/mol. The molecular weight excluding hydrogens is 172 g/mol. The molecule has 1 atom stereocenters. The molecule has 0 aromatic carbocycles. The second-order valence-electron chi connectivity index (χ2n) is 4.22. The smallest absolute Gasteiger partial charge is 0.0819 e. The van der Waals surface area contributed by atoms with Crippen LogP contribution in [0.15, 0.2) is 24.0 Å². The highest BCUT2D eigenvalue weighted by Gasteiger charge is 2.18. The van der Waals surface area contributed by atoms with E-state index < -0.39 is 0 Å². The van der Waals surface area contributed by atoms with Crippen LogP contribution in [0.4, 0.5) is 0 Å². The van der Waals surface area contributed by atoms with Crippen molar-refractivity contribution in [3.05, 3.63) is 24.0 Å². The first-order chi connectivity index (χ1) is 6.77. The van der Waals surface area contributed by atoms with Gasteiger partial charge in [-0.05, 0) is 43.6 Å². The lowest BCUT2D eigenvalue weighted by Crippen LogP contribution is -2.03. The van der Waals surface area contributed by atoms with Gasteiger partial charge in [-0.25, -0.2) is 0 Å². The Bertz CT molecular complexity index is 215. The lowest BCUT2D eigenvalue weighted by atomic mass is 9.90. The van der Waals surface area contributed by atoms with E-state index in [0.29, 0.717) is 5.92 Å². The van der Waals surface area contributed by atoms with E-state index in [9.17, 15) is 0 Å². The summed E-state index contributed by atoms with van der Waals surface area (Å²) in [6, 6.07) is 0. The molecule has 1 nitrogen and oxygen atoms in total. The van der Waals surface area contributed by atoms with Crippen LogP contribution in [0.3, 0.4) is 0 Å². The Hall–Kier alpha value is -0.720. The second-order valence-corrected chi connectivity index (χ2v) is 4.22. The molecule has 0 radical (unpaired) electrons. The lowest BCUT2D eigenvalue weighted by molar-refractivity contribution is 0.325. The first kappa shape index (κ1) is 11.4. The SMILES string of the molecule is C=C1CCC/C(=C\OC)C(CCC)C1. The Balaban J connectivity index is 2.68. The van der Waals surface area contributed by atoms with Crippen LogP contribution in [0, 0.1) is 5.92 Å². The summed E-state index contributed by atoms with van der Waals surface area (Å²) in [6.45, 7) is 6.38. The van der Waals surface area contributed by atoms with E-state index in [1.807, 2.05) is 6.26 Å². The Morgan fingerprint density at radius 1 is 1.50 bits per heavy atom. The van der Waals surface area contributed by atoms with Crippen molar-refractivity contribution in [2.45, 2.75) is 45.4 Å². The monoisotopic (exact) mass is 194 g/mol. The molecule has 1 heteroatoms. The minimum Gasteiger partial charge on any atom is -0.504 e. The maximum Gasteiger partial charge on any atom is 0.0819 e. The molecular formula is C13H22O. The number of hydrogen-bond acceptors (Lipinski definition) is 1. The number of rotatable bonds is 3. The van der Waals surface area contributed by atoms with Gasteiger partial charge in [-0.3, -0.25) is 0 Å². The Morgan fingerprint density at radius 2 is 2.29 bits per heavy atom. The van der Waals surface area contributed by atoms with Crippen molar-refractivity contribution >= 4 is 0 Å². The zero-order valence-electron chi connectivity index (χ0n) is 9.51. The molecule has 1 aliphatic carbocycles. The molecule has 1 saturated carbocycles. The van der Waals surface area contributed by atoms with E-state index in [2.05, 4.69) is 13.5 Å². The minimum absolute atomic E-state index is 0.690. The number of methoxy groups -OCH3 is 1. The van der Waals surface area contributed by atoms with Gasteiger partial charge in [0.05, 0.1) is 13.4 Å². The highest BCUT2D eigenvalue weighted by Crippen LogP contribution is 2.33. The molecule has 0 aromatic heterocycles. The third-order valence-corrected chi connectivity index (χ3v) is 2.96. The topological polar surface area (TPSA) is 9.23 Å². The predicted molar refractivity (Wildman–Crippen MR) is 61.1 cm³/mol. The van der Waals surface area contributed by atoms with Crippen LogP contribution >= 0.6 is 0 Å². The quantitative estimate of drug-likeness (QED) is 0.374. The van der Waals surface area contributed by atoms with Gasteiger partial charge in [-0.1, -0.05) is 25.5 Å². The Labute approximate surface area is 87.8 Å². The number of allylic oxidation sites excluding steroid dienone is 2. The summed E-state index contributed by atoms with van der Waals surface area (Å²) in [4.78, 5) is 0. The van der Waals surface area contributed by atoms with Gasteiger partial charge < -0.3 is 4.74 Å². The van der Waals surface area contributed by atoms with Gasteiger partial charge in [-0.15, -0.1) is 0 Å². The molecule has 0 saturated heterocycles. The lowest BCUT2D eigenvalue weighted by Gasteiger charge is -2.16. The van der Waals surface area contributed by atoms with Gasteiger partial charge in [0.15, 0.2) is 0 Å². The molecule has 14 heavy (non-hydrogen) atoms. The van der Waals surface area contributed by atoms with Gasteiger partial charge in [0.2, 0.25) is 0 Å². The summed E-state index contributed by atoms with van der Waals surface area (Å²) in [5.41, 5.74) is 2.91. The number of ether oxygens (including phenoxy) is 1. The standard InChI is InChI=1S/C13H22O/c1-4-6-12-9-11(2)7-5-8-13(12)10-14-3/h10,12H,2,4-9H2,1,3H3/b13-10+. The van der Waals surface area contributed by atoms with E-state index in [1.54, 1.807) is 7.11 Å². The van der Waals surface area contributed by atoms with Crippen molar-refractivity contribution in [2.24, 2.45) is 5.92 Å².